The smallest absolute Gasteiger partial charge is 0.326 e. The van der Waals surface area contributed by atoms with Crippen LogP contribution in [0.25, 0.3) is 0 Å². The molecule has 1 unspecified atom stereocenters. The van der Waals surface area contributed by atoms with Crippen LogP contribution in [0.2, 0.25) is 5.02 Å². The third kappa shape index (κ3) is 7.12. The largest absolute Gasteiger partial charge is 0.480 e. The third-order valence-electron chi connectivity index (χ3n) is 5.35. The minimum Gasteiger partial charge on any atom is -0.480 e. The van der Waals surface area contributed by atoms with Gasteiger partial charge in [0.25, 0.3) is 5.91 Å². The molecule has 0 radical (unpaired) electrons. The minimum atomic E-state index is -1.23. The predicted octanol–water partition coefficient (Wildman–Crippen LogP) is 4.61. The molecule has 1 atom stereocenters. The maximum absolute atomic E-state index is 14.0. The number of aryl methyl sites for hydroxylation is 2. The first-order valence-electron chi connectivity index (χ1n) is 10.8. The van der Waals surface area contributed by atoms with Gasteiger partial charge in [-0.25, -0.2) is 14.2 Å². The molecule has 0 saturated heterocycles. The van der Waals surface area contributed by atoms with Crippen molar-refractivity contribution in [2.24, 2.45) is 0 Å². The number of rotatable bonds is 11. The lowest BCUT2D eigenvalue weighted by Gasteiger charge is -2.17. The van der Waals surface area contributed by atoms with Crippen molar-refractivity contribution >= 4 is 45.2 Å². The number of carboxylic acids is 1. The van der Waals surface area contributed by atoms with E-state index in [0.29, 0.717) is 11.1 Å². The Morgan fingerprint density at radius 3 is 2.88 bits per heavy atom. The van der Waals surface area contributed by atoms with Gasteiger partial charge in [-0.15, -0.1) is 0 Å². The van der Waals surface area contributed by atoms with Gasteiger partial charge in [0, 0.05) is 36.3 Å². The predicted molar refractivity (Wildman–Crippen MR) is 127 cm³/mol. The Kier molecular flexibility index (Phi) is 9.46. The van der Waals surface area contributed by atoms with E-state index in [1.807, 2.05) is 0 Å². The van der Waals surface area contributed by atoms with Crippen LogP contribution in [0.15, 0.2) is 28.7 Å². The Bertz CT molecular complexity index is 1010. The molecule has 1 amide bonds. The van der Waals surface area contributed by atoms with Gasteiger partial charge in [-0.05, 0) is 71.8 Å². The molecule has 3 N–H and O–H groups in total. The maximum atomic E-state index is 14.0. The lowest BCUT2D eigenvalue weighted by Crippen LogP contribution is -2.42. The molecule has 1 aromatic carbocycles. The SMILES string of the molecule is O=C(NC(CCOCCCCc1ccc2c(n1)NCCC2)C(=O)O)c1c(F)ccc(Br)c1Cl. The molecule has 2 aromatic rings. The quantitative estimate of drug-likeness (QED) is 0.283. The molecule has 1 aliphatic rings. The molecule has 0 spiro atoms. The molecule has 10 heteroatoms. The van der Waals surface area contributed by atoms with E-state index in [9.17, 15) is 19.1 Å². The van der Waals surface area contributed by atoms with E-state index in [0.717, 1.165) is 56.2 Å². The highest BCUT2D eigenvalue weighted by atomic mass is 79.9. The van der Waals surface area contributed by atoms with Gasteiger partial charge in [0.15, 0.2) is 0 Å². The molecular formula is C23H26BrClFN3O4. The molecule has 178 valence electrons. The summed E-state index contributed by atoms with van der Waals surface area (Å²) < 4.78 is 19.9. The highest BCUT2D eigenvalue weighted by molar-refractivity contribution is 9.10. The van der Waals surface area contributed by atoms with Gasteiger partial charge in [0.2, 0.25) is 0 Å². The summed E-state index contributed by atoms with van der Waals surface area (Å²) in [5.41, 5.74) is 1.90. The van der Waals surface area contributed by atoms with E-state index >= 15 is 0 Å². The summed E-state index contributed by atoms with van der Waals surface area (Å²) in [5.74, 6) is -1.96. The fraction of sp³-hybridized carbons (Fsp3) is 0.435. The van der Waals surface area contributed by atoms with Crippen molar-refractivity contribution in [2.75, 3.05) is 25.1 Å². The summed E-state index contributed by atoms with van der Waals surface area (Å²) in [6.07, 6.45) is 4.77. The third-order valence-corrected chi connectivity index (χ3v) is 6.63. The number of ether oxygens (including phenoxy) is 1. The Balaban J connectivity index is 1.38. The summed E-state index contributed by atoms with van der Waals surface area (Å²) in [7, 11) is 0. The number of benzene rings is 1. The summed E-state index contributed by atoms with van der Waals surface area (Å²) in [4.78, 5) is 28.6. The number of unbranched alkanes of at least 4 members (excludes halogenated alkanes) is 1. The zero-order valence-electron chi connectivity index (χ0n) is 18.0. The van der Waals surface area contributed by atoms with Gasteiger partial charge < -0.3 is 20.5 Å². The first-order chi connectivity index (χ1) is 15.9. The highest BCUT2D eigenvalue weighted by Crippen LogP contribution is 2.28. The van der Waals surface area contributed by atoms with Gasteiger partial charge in [-0.3, -0.25) is 4.79 Å². The fourth-order valence-electron chi connectivity index (χ4n) is 3.54. The molecule has 0 aliphatic carbocycles. The number of carbonyl (C=O) groups excluding carboxylic acids is 1. The summed E-state index contributed by atoms with van der Waals surface area (Å²) in [6.45, 7) is 1.57. The number of aliphatic carboxylic acids is 1. The number of aromatic nitrogens is 1. The van der Waals surface area contributed by atoms with Gasteiger partial charge in [0.05, 0.1) is 10.6 Å². The van der Waals surface area contributed by atoms with Crippen LogP contribution < -0.4 is 10.6 Å². The van der Waals surface area contributed by atoms with Crippen molar-refractivity contribution in [1.82, 2.24) is 10.3 Å². The molecule has 0 saturated carbocycles. The van der Waals surface area contributed by atoms with Gasteiger partial charge in [-0.1, -0.05) is 17.7 Å². The average Bonchev–Trinajstić information content (AvgIpc) is 2.80. The summed E-state index contributed by atoms with van der Waals surface area (Å²) >= 11 is 9.11. The van der Waals surface area contributed by atoms with Crippen LogP contribution in [0.3, 0.4) is 0 Å². The number of halogens is 3. The number of hydrogen-bond donors (Lipinski definition) is 3. The molecule has 0 bridgehead atoms. The standard InChI is InChI=1S/C23H26BrClFN3O4/c24-16-8-9-17(26)19(20(16)25)22(30)29-18(23(31)32)10-13-33-12-2-1-5-15-7-6-14-4-3-11-27-21(14)28-15/h6-9,18H,1-5,10-13H2,(H,27,28)(H,29,30)(H,31,32). The highest BCUT2D eigenvalue weighted by Gasteiger charge is 2.24. The van der Waals surface area contributed by atoms with Crippen molar-refractivity contribution in [3.63, 3.8) is 0 Å². The van der Waals surface area contributed by atoms with Crippen LogP contribution in [0, 0.1) is 5.82 Å². The molecule has 7 nitrogen and oxygen atoms in total. The number of amides is 1. The van der Waals surface area contributed by atoms with E-state index in [1.165, 1.54) is 11.6 Å². The van der Waals surface area contributed by atoms with Gasteiger partial charge >= 0.3 is 5.97 Å². The maximum Gasteiger partial charge on any atom is 0.326 e. The van der Waals surface area contributed by atoms with Gasteiger partial charge in [0.1, 0.15) is 17.7 Å². The van der Waals surface area contributed by atoms with Crippen LogP contribution in [-0.4, -0.2) is 47.8 Å². The van der Waals surface area contributed by atoms with Crippen LogP contribution >= 0.6 is 27.5 Å². The number of hydrogen-bond acceptors (Lipinski definition) is 5. The molecule has 1 aromatic heterocycles. The van der Waals surface area contributed by atoms with Crippen molar-refractivity contribution in [1.29, 1.82) is 0 Å². The second-order valence-corrected chi connectivity index (χ2v) is 9.01. The number of nitrogens with one attached hydrogen (secondary N) is 2. The van der Waals surface area contributed by atoms with Crippen molar-refractivity contribution in [2.45, 2.75) is 44.6 Å². The molecule has 0 fully saturated rings. The zero-order chi connectivity index (χ0) is 23.8. The lowest BCUT2D eigenvalue weighted by molar-refractivity contribution is -0.139. The van der Waals surface area contributed by atoms with Crippen molar-refractivity contribution < 1.29 is 23.8 Å². The molecule has 3 rings (SSSR count). The second kappa shape index (κ2) is 12.3. The normalized spacial score (nSPS) is 13.7. The van der Waals surface area contributed by atoms with Crippen molar-refractivity contribution in [3.05, 3.63) is 56.4 Å². The number of pyridine rings is 1. The minimum absolute atomic E-state index is 0.0480. The number of carbonyl (C=O) groups is 2. The Labute approximate surface area is 205 Å². The van der Waals surface area contributed by atoms with Crippen LogP contribution in [-0.2, 0) is 22.4 Å². The zero-order valence-corrected chi connectivity index (χ0v) is 20.3. The van der Waals surface area contributed by atoms with Gasteiger partial charge in [-0.2, -0.15) is 0 Å². The van der Waals surface area contributed by atoms with E-state index in [1.54, 1.807) is 0 Å². The van der Waals surface area contributed by atoms with Crippen LogP contribution in [0.4, 0.5) is 10.2 Å². The topological polar surface area (TPSA) is 101 Å². The average molecular weight is 543 g/mol. The van der Waals surface area contributed by atoms with E-state index < -0.39 is 29.3 Å². The van der Waals surface area contributed by atoms with Crippen LogP contribution in [0.5, 0.6) is 0 Å². The van der Waals surface area contributed by atoms with E-state index in [4.69, 9.17) is 16.3 Å². The van der Waals surface area contributed by atoms with E-state index in [2.05, 4.69) is 43.7 Å². The molecule has 2 heterocycles. The van der Waals surface area contributed by atoms with Crippen molar-refractivity contribution in [3.8, 4) is 0 Å². The molecular weight excluding hydrogens is 517 g/mol. The fourth-order valence-corrected chi connectivity index (χ4v) is 4.11. The second-order valence-electron chi connectivity index (χ2n) is 7.78. The number of anilines is 1. The summed E-state index contributed by atoms with van der Waals surface area (Å²) in [5, 5.41) is 14.9. The first kappa shape index (κ1) is 25.4. The molecule has 33 heavy (non-hydrogen) atoms. The van der Waals surface area contributed by atoms with E-state index in [-0.39, 0.29) is 18.1 Å². The Morgan fingerprint density at radius 1 is 1.27 bits per heavy atom. The monoisotopic (exact) mass is 541 g/mol. The Morgan fingerprint density at radius 2 is 2.09 bits per heavy atom. The number of carboxylic acid groups (broad SMARTS) is 1. The molecule has 1 aliphatic heterocycles. The lowest BCUT2D eigenvalue weighted by atomic mass is 10.1. The number of fused-ring (bicyclic) bond motifs is 1. The van der Waals surface area contributed by atoms with Crippen LogP contribution in [0.1, 0.15) is 47.3 Å². The number of nitrogens with zero attached hydrogens (tertiary/aromatic N) is 1. The first-order valence-corrected chi connectivity index (χ1v) is 12.0. The summed E-state index contributed by atoms with van der Waals surface area (Å²) in [6, 6.07) is 5.43. The Hall–Kier alpha value is -2.23.